The third kappa shape index (κ3) is 3.98. The molecule has 1 N–H and O–H groups in total. The van der Waals surface area contributed by atoms with Crippen molar-refractivity contribution < 1.29 is 4.79 Å². The van der Waals surface area contributed by atoms with Crippen molar-refractivity contribution in [2.75, 3.05) is 20.1 Å². The molecule has 0 aliphatic carbocycles. The molecule has 1 aromatic heterocycles. The lowest BCUT2D eigenvalue weighted by Gasteiger charge is -2.17. The van der Waals surface area contributed by atoms with Gasteiger partial charge in [-0.05, 0) is 39.2 Å². The second kappa shape index (κ2) is 7.16. The standard InChI is InChI=1S/C14H26N4O/c1-6-9-15-14(19)17(5)10-8-13-11(3)16-18(7-2)12(13)4/h6-10H2,1-5H3,(H,15,19). The molecule has 108 valence electrons. The second-order valence-corrected chi connectivity index (χ2v) is 4.87. The van der Waals surface area contributed by atoms with E-state index in [9.17, 15) is 4.79 Å². The van der Waals surface area contributed by atoms with Crippen molar-refractivity contribution in [2.45, 2.75) is 47.1 Å². The SMILES string of the molecule is CCCNC(=O)N(C)CCc1c(C)nn(CC)c1C. The normalized spacial score (nSPS) is 10.6. The Morgan fingerprint density at radius 3 is 2.58 bits per heavy atom. The number of rotatable bonds is 6. The van der Waals surface area contributed by atoms with Crippen LogP contribution in [0.3, 0.4) is 0 Å². The highest BCUT2D eigenvalue weighted by atomic mass is 16.2. The first kappa shape index (κ1) is 15.5. The smallest absolute Gasteiger partial charge is 0.317 e. The molecule has 0 fully saturated rings. The zero-order valence-corrected chi connectivity index (χ0v) is 12.8. The molecule has 19 heavy (non-hydrogen) atoms. The van der Waals surface area contributed by atoms with Crippen LogP contribution in [0.1, 0.15) is 37.2 Å². The quantitative estimate of drug-likeness (QED) is 0.857. The van der Waals surface area contributed by atoms with E-state index in [1.807, 2.05) is 25.6 Å². The van der Waals surface area contributed by atoms with Crippen LogP contribution in [0.25, 0.3) is 0 Å². The maximum Gasteiger partial charge on any atom is 0.317 e. The van der Waals surface area contributed by atoms with Gasteiger partial charge in [0.2, 0.25) is 0 Å². The van der Waals surface area contributed by atoms with Crippen LogP contribution in [0.2, 0.25) is 0 Å². The average molecular weight is 266 g/mol. The molecular weight excluding hydrogens is 240 g/mol. The summed E-state index contributed by atoms with van der Waals surface area (Å²) in [5, 5.41) is 7.38. The van der Waals surface area contributed by atoms with Gasteiger partial charge >= 0.3 is 6.03 Å². The number of carbonyl (C=O) groups excluding carboxylic acids is 1. The van der Waals surface area contributed by atoms with Gasteiger partial charge < -0.3 is 10.2 Å². The minimum Gasteiger partial charge on any atom is -0.338 e. The predicted molar refractivity (Wildman–Crippen MR) is 77.4 cm³/mol. The van der Waals surface area contributed by atoms with Gasteiger partial charge in [-0.3, -0.25) is 4.68 Å². The fourth-order valence-electron chi connectivity index (χ4n) is 2.15. The molecule has 0 unspecified atom stereocenters. The molecule has 2 amide bonds. The van der Waals surface area contributed by atoms with Gasteiger partial charge in [-0.2, -0.15) is 5.10 Å². The van der Waals surface area contributed by atoms with Gasteiger partial charge in [-0.25, -0.2) is 4.79 Å². The fraction of sp³-hybridized carbons (Fsp3) is 0.714. The summed E-state index contributed by atoms with van der Waals surface area (Å²) in [6.07, 6.45) is 1.81. The highest BCUT2D eigenvalue weighted by Gasteiger charge is 2.13. The highest BCUT2D eigenvalue weighted by Crippen LogP contribution is 2.13. The van der Waals surface area contributed by atoms with E-state index in [0.717, 1.165) is 31.6 Å². The number of amides is 2. The summed E-state index contributed by atoms with van der Waals surface area (Å²) < 4.78 is 2.02. The van der Waals surface area contributed by atoms with Crippen LogP contribution in [0.5, 0.6) is 0 Å². The molecule has 0 aliphatic heterocycles. The molecule has 0 aliphatic rings. The molecule has 1 aromatic rings. The maximum atomic E-state index is 11.7. The maximum absolute atomic E-state index is 11.7. The van der Waals surface area contributed by atoms with Crippen LogP contribution < -0.4 is 5.32 Å². The van der Waals surface area contributed by atoms with E-state index in [2.05, 4.69) is 24.3 Å². The number of hydrogen-bond acceptors (Lipinski definition) is 2. The summed E-state index contributed by atoms with van der Waals surface area (Å²) in [6.45, 7) is 10.6. The zero-order valence-electron chi connectivity index (χ0n) is 12.8. The monoisotopic (exact) mass is 266 g/mol. The number of aryl methyl sites for hydroxylation is 2. The van der Waals surface area contributed by atoms with E-state index >= 15 is 0 Å². The molecule has 0 radical (unpaired) electrons. The molecule has 0 atom stereocenters. The average Bonchev–Trinajstić information content (AvgIpc) is 2.68. The Morgan fingerprint density at radius 2 is 2.05 bits per heavy atom. The van der Waals surface area contributed by atoms with Crippen LogP contribution in [0.15, 0.2) is 0 Å². The van der Waals surface area contributed by atoms with Gasteiger partial charge in [0, 0.05) is 32.4 Å². The summed E-state index contributed by atoms with van der Waals surface area (Å²) in [6, 6.07) is 0.0000366. The largest absolute Gasteiger partial charge is 0.338 e. The molecule has 0 saturated carbocycles. The van der Waals surface area contributed by atoms with Crippen LogP contribution >= 0.6 is 0 Å². The van der Waals surface area contributed by atoms with Crippen LogP contribution in [-0.2, 0) is 13.0 Å². The van der Waals surface area contributed by atoms with Crippen LogP contribution in [0.4, 0.5) is 4.79 Å². The van der Waals surface area contributed by atoms with Crippen molar-refractivity contribution in [3.05, 3.63) is 17.0 Å². The van der Waals surface area contributed by atoms with E-state index in [4.69, 9.17) is 0 Å². The Bertz CT molecular complexity index is 425. The number of carbonyl (C=O) groups is 1. The van der Waals surface area contributed by atoms with Crippen molar-refractivity contribution in [3.63, 3.8) is 0 Å². The van der Waals surface area contributed by atoms with E-state index in [-0.39, 0.29) is 6.03 Å². The Labute approximate surface area is 116 Å². The van der Waals surface area contributed by atoms with Crippen molar-refractivity contribution in [1.29, 1.82) is 0 Å². The van der Waals surface area contributed by atoms with Gasteiger partial charge in [0.1, 0.15) is 0 Å². The zero-order chi connectivity index (χ0) is 14.4. The third-order valence-electron chi connectivity index (χ3n) is 3.40. The first-order chi connectivity index (χ1) is 9.01. The second-order valence-electron chi connectivity index (χ2n) is 4.87. The first-order valence-electron chi connectivity index (χ1n) is 7.03. The summed E-state index contributed by atoms with van der Waals surface area (Å²) >= 11 is 0. The van der Waals surface area contributed by atoms with Gasteiger partial charge in [0.15, 0.2) is 0 Å². The van der Waals surface area contributed by atoms with Crippen molar-refractivity contribution in [1.82, 2.24) is 20.0 Å². The van der Waals surface area contributed by atoms with Crippen molar-refractivity contribution in [2.24, 2.45) is 0 Å². The molecule has 0 saturated heterocycles. The van der Waals surface area contributed by atoms with Crippen molar-refractivity contribution >= 4 is 6.03 Å². The summed E-state index contributed by atoms with van der Waals surface area (Å²) in [4.78, 5) is 13.5. The number of nitrogens with one attached hydrogen (secondary N) is 1. The lowest BCUT2D eigenvalue weighted by Crippen LogP contribution is -2.38. The Kier molecular flexibility index (Phi) is 5.86. The number of aromatic nitrogens is 2. The number of likely N-dealkylation sites (N-methyl/N-ethyl adjacent to an activating group) is 1. The number of hydrogen-bond donors (Lipinski definition) is 1. The Morgan fingerprint density at radius 1 is 1.37 bits per heavy atom. The Hall–Kier alpha value is -1.52. The topological polar surface area (TPSA) is 50.2 Å². The highest BCUT2D eigenvalue weighted by molar-refractivity contribution is 5.73. The van der Waals surface area contributed by atoms with E-state index in [1.165, 1.54) is 11.3 Å². The van der Waals surface area contributed by atoms with Gasteiger partial charge in [-0.1, -0.05) is 6.92 Å². The first-order valence-corrected chi connectivity index (χ1v) is 7.03. The summed E-state index contributed by atoms with van der Waals surface area (Å²) in [5.41, 5.74) is 3.54. The fourth-order valence-corrected chi connectivity index (χ4v) is 2.15. The molecule has 5 nitrogen and oxygen atoms in total. The number of urea groups is 1. The van der Waals surface area contributed by atoms with Gasteiger partial charge in [0.05, 0.1) is 5.69 Å². The Balaban J connectivity index is 2.57. The molecule has 5 heteroatoms. The minimum atomic E-state index is 0.0000366. The summed E-state index contributed by atoms with van der Waals surface area (Å²) in [7, 11) is 1.83. The summed E-state index contributed by atoms with van der Waals surface area (Å²) in [5.74, 6) is 0. The molecule has 0 spiro atoms. The third-order valence-corrected chi connectivity index (χ3v) is 3.40. The molecule has 0 bridgehead atoms. The van der Waals surface area contributed by atoms with Gasteiger partial charge in [-0.15, -0.1) is 0 Å². The molecular formula is C14H26N4O. The molecule has 1 rings (SSSR count). The van der Waals surface area contributed by atoms with E-state index in [0.29, 0.717) is 6.54 Å². The van der Waals surface area contributed by atoms with Crippen LogP contribution in [0, 0.1) is 13.8 Å². The number of nitrogens with zero attached hydrogens (tertiary/aromatic N) is 3. The minimum absolute atomic E-state index is 0.0000366. The van der Waals surface area contributed by atoms with Crippen molar-refractivity contribution in [3.8, 4) is 0 Å². The predicted octanol–water partition coefficient (Wildman–Crippen LogP) is 2.11. The molecule has 0 aromatic carbocycles. The lowest BCUT2D eigenvalue weighted by atomic mass is 10.1. The van der Waals surface area contributed by atoms with E-state index in [1.54, 1.807) is 4.90 Å². The van der Waals surface area contributed by atoms with Gasteiger partial charge in [0.25, 0.3) is 0 Å². The van der Waals surface area contributed by atoms with E-state index < -0.39 is 0 Å². The lowest BCUT2D eigenvalue weighted by molar-refractivity contribution is 0.209. The van der Waals surface area contributed by atoms with Crippen LogP contribution in [-0.4, -0.2) is 40.8 Å². The molecule has 1 heterocycles.